The van der Waals surface area contributed by atoms with Crippen LogP contribution in [0, 0.1) is 0 Å². The van der Waals surface area contributed by atoms with Crippen LogP contribution < -0.4 is 0 Å². The number of aromatic nitrogens is 2. The van der Waals surface area contributed by atoms with Gasteiger partial charge in [-0.25, -0.2) is 0 Å². The van der Waals surface area contributed by atoms with Crippen LogP contribution in [0.15, 0.2) is 71.3 Å². The molecule has 0 unspecified atom stereocenters. The van der Waals surface area contributed by atoms with E-state index in [2.05, 4.69) is 10.1 Å². The quantitative estimate of drug-likeness (QED) is 0.511. The number of carbonyl (C=O) groups is 1. The van der Waals surface area contributed by atoms with Crippen molar-refractivity contribution in [1.29, 1.82) is 0 Å². The van der Waals surface area contributed by atoms with Crippen LogP contribution in [0.2, 0.25) is 5.02 Å². The summed E-state index contributed by atoms with van der Waals surface area (Å²) >= 11 is 5.90. The zero-order chi connectivity index (χ0) is 18.8. The molecule has 1 aromatic heterocycles. The lowest BCUT2D eigenvalue weighted by Gasteiger charge is -2.16. The van der Waals surface area contributed by atoms with Gasteiger partial charge < -0.3 is 9.42 Å². The van der Waals surface area contributed by atoms with E-state index in [1.165, 1.54) is 0 Å². The summed E-state index contributed by atoms with van der Waals surface area (Å²) in [6.07, 6.45) is 0. The monoisotopic (exact) mass is 377 g/mol. The molecule has 4 rings (SSSR count). The molecule has 1 amide bonds. The summed E-state index contributed by atoms with van der Waals surface area (Å²) in [7, 11) is 1.72. The van der Waals surface area contributed by atoms with E-state index in [-0.39, 0.29) is 12.5 Å². The first-order valence-electron chi connectivity index (χ1n) is 8.43. The summed E-state index contributed by atoms with van der Waals surface area (Å²) in [5.74, 6) is 0.738. The van der Waals surface area contributed by atoms with Crippen molar-refractivity contribution in [2.75, 3.05) is 7.05 Å². The van der Waals surface area contributed by atoms with Crippen molar-refractivity contribution in [3.8, 4) is 11.4 Å². The molecule has 0 aliphatic rings. The Kier molecular flexibility index (Phi) is 4.60. The average molecular weight is 378 g/mol. The highest BCUT2D eigenvalue weighted by Gasteiger charge is 2.18. The molecule has 6 heteroatoms. The van der Waals surface area contributed by atoms with Crippen LogP contribution in [0.3, 0.4) is 0 Å². The Morgan fingerprint density at radius 2 is 1.78 bits per heavy atom. The van der Waals surface area contributed by atoms with E-state index in [1.54, 1.807) is 24.1 Å². The molecule has 4 aromatic rings. The van der Waals surface area contributed by atoms with Crippen LogP contribution >= 0.6 is 11.6 Å². The Bertz CT molecular complexity index is 1100. The van der Waals surface area contributed by atoms with Gasteiger partial charge in [0, 0.05) is 23.2 Å². The number of amides is 1. The standard InChI is InChI=1S/C21H16ClN3O2/c1-25(21(26)18-8-4-6-14-5-2-3-7-17(14)18)13-19-23-20(24-27-19)15-9-11-16(22)12-10-15/h2-12H,13H2,1H3. The summed E-state index contributed by atoms with van der Waals surface area (Å²) < 4.78 is 5.31. The molecule has 0 saturated carbocycles. The van der Waals surface area contributed by atoms with Gasteiger partial charge in [-0.05, 0) is 41.1 Å². The zero-order valence-electron chi connectivity index (χ0n) is 14.6. The zero-order valence-corrected chi connectivity index (χ0v) is 15.3. The van der Waals surface area contributed by atoms with E-state index in [1.807, 2.05) is 54.6 Å². The minimum Gasteiger partial charge on any atom is -0.337 e. The van der Waals surface area contributed by atoms with Gasteiger partial charge in [-0.3, -0.25) is 4.79 Å². The third-order valence-corrected chi connectivity index (χ3v) is 4.56. The molecule has 0 aliphatic carbocycles. The molecular weight excluding hydrogens is 362 g/mol. The van der Waals surface area contributed by atoms with Crippen molar-refractivity contribution in [2.45, 2.75) is 6.54 Å². The molecule has 5 nitrogen and oxygen atoms in total. The summed E-state index contributed by atoms with van der Waals surface area (Å²) in [6, 6.07) is 20.7. The lowest BCUT2D eigenvalue weighted by atomic mass is 10.0. The molecule has 0 N–H and O–H groups in total. The number of rotatable bonds is 4. The Morgan fingerprint density at radius 1 is 1.04 bits per heavy atom. The van der Waals surface area contributed by atoms with E-state index in [0.29, 0.717) is 22.3 Å². The molecule has 27 heavy (non-hydrogen) atoms. The molecular formula is C21H16ClN3O2. The lowest BCUT2D eigenvalue weighted by Crippen LogP contribution is -2.26. The average Bonchev–Trinajstić information content (AvgIpc) is 3.16. The van der Waals surface area contributed by atoms with Crippen LogP contribution in [0.4, 0.5) is 0 Å². The van der Waals surface area contributed by atoms with E-state index >= 15 is 0 Å². The number of benzene rings is 3. The fourth-order valence-electron chi connectivity index (χ4n) is 2.93. The van der Waals surface area contributed by atoms with Gasteiger partial charge in [0.25, 0.3) is 5.91 Å². The minimum absolute atomic E-state index is 0.0990. The van der Waals surface area contributed by atoms with Gasteiger partial charge in [0.15, 0.2) is 0 Å². The Balaban J connectivity index is 1.54. The molecule has 0 atom stereocenters. The number of fused-ring (bicyclic) bond motifs is 1. The lowest BCUT2D eigenvalue weighted by molar-refractivity contribution is 0.0771. The second-order valence-corrected chi connectivity index (χ2v) is 6.64. The molecule has 0 saturated heterocycles. The number of carbonyl (C=O) groups excluding carboxylic acids is 1. The van der Waals surface area contributed by atoms with Crippen LogP contribution in [-0.2, 0) is 6.54 Å². The van der Waals surface area contributed by atoms with Crippen molar-refractivity contribution in [1.82, 2.24) is 15.0 Å². The Morgan fingerprint density at radius 3 is 2.59 bits per heavy atom. The maximum atomic E-state index is 12.9. The Labute approximate surface area is 161 Å². The fourth-order valence-corrected chi connectivity index (χ4v) is 3.05. The van der Waals surface area contributed by atoms with Crippen LogP contribution in [-0.4, -0.2) is 28.0 Å². The number of hydrogen-bond donors (Lipinski definition) is 0. The van der Waals surface area contributed by atoms with Crippen molar-refractivity contribution in [3.63, 3.8) is 0 Å². The topological polar surface area (TPSA) is 59.2 Å². The smallest absolute Gasteiger partial charge is 0.254 e. The second kappa shape index (κ2) is 7.21. The Hall–Kier alpha value is -3.18. The maximum Gasteiger partial charge on any atom is 0.254 e. The highest BCUT2D eigenvalue weighted by atomic mass is 35.5. The van der Waals surface area contributed by atoms with E-state index in [4.69, 9.17) is 16.1 Å². The highest BCUT2D eigenvalue weighted by Crippen LogP contribution is 2.21. The molecule has 0 aliphatic heterocycles. The molecule has 0 bridgehead atoms. The predicted molar refractivity (Wildman–Crippen MR) is 104 cm³/mol. The summed E-state index contributed by atoms with van der Waals surface area (Å²) in [5, 5.41) is 6.57. The number of hydrogen-bond acceptors (Lipinski definition) is 4. The van der Waals surface area contributed by atoms with Crippen molar-refractivity contribution >= 4 is 28.3 Å². The van der Waals surface area contributed by atoms with Crippen molar-refractivity contribution in [3.05, 3.63) is 83.2 Å². The molecule has 0 fully saturated rings. The normalized spacial score (nSPS) is 10.9. The van der Waals surface area contributed by atoms with Crippen LogP contribution in [0.25, 0.3) is 22.2 Å². The third-order valence-electron chi connectivity index (χ3n) is 4.31. The summed E-state index contributed by atoms with van der Waals surface area (Å²) in [5.41, 5.74) is 1.45. The van der Waals surface area contributed by atoms with Gasteiger partial charge in [-0.1, -0.05) is 53.2 Å². The van der Waals surface area contributed by atoms with Crippen molar-refractivity contribution < 1.29 is 9.32 Å². The second-order valence-electron chi connectivity index (χ2n) is 6.21. The van der Waals surface area contributed by atoms with Gasteiger partial charge in [-0.2, -0.15) is 4.98 Å². The van der Waals surface area contributed by atoms with Crippen LogP contribution in [0.5, 0.6) is 0 Å². The first-order chi connectivity index (χ1) is 13.1. The van der Waals surface area contributed by atoms with E-state index in [0.717, 1.165) is 16.3 Å². The highest BCUT2D eigenvalue weighted by molar-refractivity contribution is 6.30. The van der Waals surface area contributed by atoms with E-state index in [9.17, 15) is 4.79 Å². The molecule has 0 radical (unpaired) electrons. The maximum absolute atomic E-state index is 12.9. The largest absolute Gasteiger partial charge is 0.337 e. The van der Waals surface area contributed by atoms with Gasteiger partial charge in [0.05, 0.1) is 6.54 Å². The predicted octanol–water partition coefficient (Wildman–Crippen LogP) is 4.82. The van der Waals surface area contributed by atoms with Crippen molar-refractivity contribution in [2.24, 2.45) is 0 Å². The number of nitrogens with zero attached hydrogens (tertiary/aromatic N) is 3. The molecule has 1 heterocycles. The van der Waals surface area contributed by atoms with E-state index < -0.39 is 0 Å². The van der Waals surface area contributed by atoms with Gasteiger partial charge >= 0.3 is 0 Å². The minimum atomic E-state index is -0.0990. The first kappa shape index (κ1) is 17.2. The summed E-state index contributed by atoms with van der Waals surface area (Å²) in [6.45, 7) is 0.225. The molecule has 134 valence electrons. The number of halogens is 1. The summed E-state index contributed by atoms with van der Waals surface area (Å²) in [4.78, 5) is 18.8. The van der Waals surface area contributed by atoms with Gasteiger partial charge in [0.1, 0.15) is 0 Å². The van der Waals surface area contributed by atoms with Gasteiger partial charge in [-0.15, -0.1) is 0 Å². The fraction of sp³-hybridized carbons (Fsp3) is 0.0952. The SMILES string of the molecule is CN(Cc1nc(-c2ccc(Cl)cc2)no1)C(=O)c1cccc2ccccc12. The molecule has 0 spiro atoms. The van der Waals surface area contributed by atoms with Gasteiger partial charge in [0.2, 0.25) is 11.7 Å². The third kappa shape index (κ3) is 3.55. The van der Waals surface area contributed by atoms with Crippen LogP contribution in [0.1, 0.15) is 16.2 Å². The first-order valence-corrected chi connectivity index (χ1v) is 8.81. The molecule has 3 aromatic carbocycles.